The van der Waals surface area contributed by atoms with Crippen LogP contribution in [0.2, 0.25) is 0 Å². The number of carbonyl (C=O) groups is 1. The number of hydrogen-bond acceptors (Lipinski definition) is 5. The molecular weight excluding hydrogens is 359 g/mol. The van der Waals surface area contributed by atoms with Gasteiger partial charge in [-0.2, -0.15) is 0 Å². The molecule has 0 atom stereocenters. The maximum atomic E-state index is 13.7. The summed E-state index contributed by atoms with van der Waals surface area (Å²) in [6, 6.07) is 13.9. The van der Waals surface area contributed by atoms with Crippen molar-refractivity contribution >= 4 is 11.7 Å². The van der Waals surface area contributed by atoms with Crippen molar-refractivity contribution in [1.29, 1.82) is 0 Å². The van der Waals surface area contributed by atoms with E-state index in [0.29, 0.717) is 17.0 Å². The highest BCUT2D eigenvalue weighted by atomic mass is 19.1. The molecule has 1 fully saturated rings. The fraction of sp³-hybridized carbons (Fsp3) is 0.286. The van der Waals surface area contributed by atoms with Crippen molar-refractivity contribution in [3.63, 3.8) is 0 Å². The Morgan fingerprint density at radius 1 is 1.11 bits per heavy atom. The first-order valence-electron chi connectivity index (χ1n) is 9.34. The molecule has 3 heterocycles. The van der Waals surface area contributed by atoms with Crippen molar-refractivity contribution in [1.82, 2.24) is 15.5 Å². The van der Waals surface area contributed by atoms with Crippen LogP contribution in [0.5, 0.6) is 0 Å². The fourth-order valence-electron chi connectivity index (χ4n) is 3.39. The van der Waals surface area contributed by atoms with Crippen molar-refractivity contribution in [3.8, 4) is 11.5 Å². The predicted molar refractivity (Wildman–Crippen MR) is 103 cm³/mol. The second-order valence-electron chi connectivity index (χ2n) is 6.82. The standard InChI is InChI=1S/C21H21FN4O2/c22-17-5-2-1-4-16(17)14-23-21(27)15-9-11-26(12-10-15)20-8-7-18(24-25-20)19-6-3-13-28-19/h1-8,13,15H,9-12,14H2,(H,23,27). The third kappa shape index (κ3) is 4.03. The number of nitrogens with one attached hydrogen (secondary N) is 1. The zero-order chi connectivity index (χ0) is 19.3. The third-order valence-corrected chi connectivity index (χ3v) is 5.02. The van der Waals surface area contributed by atoms with Gasteiger partial charge < -0.3 is 14.6 Å². The summed E-state index contributed by atoms with van der Waals surface area (Å²) in [6.07, 6.45) is 3.06. The van der Waals surface area contributed by atoms with Crippen LogP contribution >= 0.6 is 0 Å². The number of rotatable bonds is 5. The molecule has 0 radical (unpaired) electrons. The molecule has 0 saturated carbocycles. The molecule has 1 saturated heterocycles. The summed E-state index contributed by atoms with van der Waals surface area (Å²) < 4.78 is 19.0. The molecule has 0 spiro atoms. The highest BCUT2D eigenvalue weighted by Crippen LogP contribution is 2.23. The number of aromatic nitrogens is 2. The van der Waals surface area contributed by atoms with E-state index >= 15 is 0 Å². The lowest BCUT2D eigenvalue weighted by molar-refractivity contribution is -0.125. The van der Waals surface area contributed by atoms with Crippen LogP contribution in [-0.4, -0.2) is 29.2 Å². The minimum absolute atomic E-state index is 0.0258. The van der Waals surface area contributed by atoms with E-state index in [1.807, 2.05) is 24.3 Å². The van der Waals surface area contributed by atoms with Gasteiger partial charge in [-0.15, -0.1) is 10.2 Å². The Bertz CT molecular complexity index is 920. The van der Waals surface area contributed by atoms with E-state index in [9.17, 15) is 9.18 Å². The van der Waals surface area contributed by atoms with E-state index in [2.05, 4.69) is 20.4 Å². The molecule has 1 amide bonds. The van der Waals surface area contributed by atoms with E-state index in [1.54, 1.807) is 24.5 Å². The summed E-state index contributed by atoms with van der Waals surface area (Å²) in [4.78, 5) is 14.5. The molecule has 0 unspecified atom stereocenters. The van der Waals surface area contributed by atoms with Crippen molar-refractivity contribution in [2.24, 2.45) is 5.92 Å². The highest BCUT2D eigenvalue weighted by molar-refractivity contribution is 5.79. The topological polar surface area (TPSA) is 71.3 Å². The fourth-order valence-corrected chi connectivity index (χ4v) is 3.39. The number of carbonyl (C=O) groups excluding carboxylic acids is 1. The number of nitrogens with zero attached hydrogens (tertiary/aromatic N) is 3. The Morgan fingerprint density at radius 2 is 1.93 bits per heavy atom. The smallest absolute Gasteiger partial charge is 0.223 e. The van der Waals surface area contributed by atoms with Crippen LogP contribution in [0.3, 0.4) is 0 Å². The van der Waals surface area contributed by atoms with Gasteiger partial charge in [0.2, 0.25) is 5.91 Å². The van der Waals surface area contributed by atoms with Gasteiger partial charge in [0.15, 0.2) is 11.6 Å². The SMILES string of the molecule is O=C(NCc1ccccc1F)C1CCN(c2ccc(-c3ccco3)nn2)CC1. The van der Waals surface area contributed by atoms with E-state index in [1.165, 1.54) is 6.07 Å². The number of hydrogen-bond donors (Lipinski definition) is 1. The summed E-state index contributed by atoms with van der Waals surface area (Å²) in [7, 11) is 0. The van der Waals surface area contributed by atoms with Crippen molar-refractivity contribution in [2.75, 3.05) is 18.0 Å². The zero-order valence-corrected chi connectivity index (χ0v) is 15.3. The van der Waals surface area contributed by atoms with Gasteiger partial charge in [0.05, 0.1) is 6.26 Å². The molecule has 0 bridgehead atoms. The molecule has 1 N–H and O–H groups in total. The number of benzene rings is 1. The van der Waals surface area contributed by atoms with Gasteiger partial charge in [0.25, 0.3) is 0 Å². The van der Waals surface area contributed by atoms with Crippen LogP contribution in [0.15, 0.2) is 59.2 Å². The number of halogens is 1. The summed E-state index contributed by atoms with van der Waals surface area (Å²) in [5.74, 6) is 1.08. The van der Waals surface area contributed by atoms with Crippen LogP contribution in [0, 0.1) is 11.7 Å². The first kappa shape index (κ1) is 18.2. The highest BCUT2D eigenvalue weighted by Gasteiger charge is 2.25. The Labute approximate surface area is 162 Å². The Balaban J connectivity index is 1.29. The van der Waals surface area contributed by atoms with Gasteiger partial charge in [-0.05, 0) is 43.2 Å². The molecule has 2 aromatic heterocycles. The molecule has 144 valence electrons. The maximum absolute atomic E-state index is 13.7. The lowest BCUT2D eigenvalue weighted by Gasteiger charge is -2.31. The number of amides is 1. The van der Waals surface area contributed by atoms with Crippen molar-refractivity contribution in [3.05, 3.63) is 66.2 Å². The maximum Gasteiger partial charge on any atom is 0.223 e. The molecule has 6 nitrogen and oxygen atoms in total. The van der Waals surface area contributed by atoms with Crippen LogP contribution in [0.1, 0.15) is 18.4 Å². The Kier molecular flexibility index (Phi) is 5.32. The first-order valence-corrected chi connectivity index (χ1v) is 9.34. The molecule has 1 aliphatic heterocycles. The van der Waals surface area contributed by atoms with Crippen LogP contribution in [-0.2, 0) is 11.3 Å². The largest absolute Gasteiger partial charge is 0.463 e. The normalized spacial score (nSPS) is 14.8. The quantitative estimate of drug-likeness (QED) is 0.734. The van der Waals surface area contributed by atoms with Crippen LogP contribution in [0.25, 0.3) is 11.5 Å². The molecule has 7 heteroatoms. The monoisotopic (exact) mass is 380 g/mol. The predicted octanol–water partition coefficient (Wildman–Crippen LogP) is 3.41. The molecule has 3 aromatic rings. The van der Waals surface area contributed by atoms with E-state index < -0.39 is 0 Å². The first-order chi connectivity index (χ1) is 13.7. The van der Waals surface area contributed by atoms with Crippen LogP contribution in [0.4, 0.5) is 10.2 Å². The van der Waals surface area contributed by atoms with Crippen molar-refractivity contribution in [2.45, 2.75) is 19.4 Å². The second kappa shape index (κ2) is 8.21. The lowest BCUT2D eigenvalue weighted by Crippen LogP contribution is -2.40. The molecular formula is C21H21FN4O2. The second-order valence-corrected chi connectivity index (χ2v) is 6.82. The average molecular weight is 380 g/mol. The van der Waals surface area contributed by atoms with Gasteiger partial charge in [-0.25, -0.2) is 4.39 Å². The Morgan fingerprint density at radius 3 is 2.61 bits per heavy atom. The lowest BCUT2D eigenvalue weighted by atomic mass is 9.96. The zero-order valence-electron chi connectivity index (χ0n) is 15.3. The number of anilines is 1. The molecule has 1 aliphatic rings. The summed E-state index contributed by atoms with van der Waals surface area (Å²) in [6.45, 7) is 1.67. The minimum Gasteiger partial charge on any atom is -0.463 e. The summed E-state index contributed by atoms with van der Waals surface area (Å²) in [5.41, 5.74) is 1.19. The van der Waals surface area contributed by atoms with Gasteiger partial charge in [0.1, 0.15) is 11.5 Å². The van der Waals surface area contributed by atoms with Gasteiger partial charge >= 0.3 is 0 Å². The van der Waals surface area contributed by atoms with Crippen LogP contribution < -0.4 is 10.2 Å². The van der Waals surface area contributed by atoms with Gasteiger partial charge in [-0.1, -0.05) is 18.2 Å². The average Bonchev–Trinajstić information content (AvgIpc) is 3.28. The third-order valence-electron chi connectivity index (χ3n) is 5.02. The van der Waals surface area contributed by atoms with E-state index in [0.717, 1.165) is 31.7 Å². The Hall–Kier alpha value is -3.22. The van der Waals surface area contributed by atoms with E-state index in [4.69, 9.17) is 4.42 Å². The molecule has 0 aliphatic carbocycles. The summed E-state index contributed by atoms with van der Waals surface area (Å²) >= 11 is 0. The molecule has 1 aromatic carbocycles. The van der Waals surface area contributed by atoms with E-state index in [-0.39, 0.29) is 24.2 Å². The summed E-state index contributed by atoms with van der Waals surface area (Å²) in [5, 5.41) is 11.4. The van der Waals surface area contributed by atoms with Crippen molar-refractivity contribution < 1.29 is 13.6 Å². The number of furan rings is 1. The van der Waals surface area contributed by atoms with Gasteiger partial charge in [0, 0.05) is 31.1 Å². The minimum atomic E-state index is -0.297. The van der Waals surface area contributed by atoms with Gasteiger partial charge in [-0.3, -0.25) is 4.79 Å². The molecule has 4 rings (SSSR count). The molecule has 28 heavy (non-hydrogen) atoms. The number of piperidine rings is 1.